The summed E-state index contributed by atoms with van der Waals surface area (Å²) in [4.78, 5) is 16.4. The molecule has 22 heavy (non-hydrogen) atoms. The lowest BCUT2D eigenvalue weighted by atomic mass is 10.00. The zero-order valence-electron chi connectivity index (χ0n) is 13.2. The van der Waals surface area contributed by atoms with E-state index in [9.17, 15) is 13.2 Å². The summed E-state index contributed by atoms with van der Waals surface area (Å²) in [5, 5.41) is 5.26. The smallest absolute Gasteiger partial charge is 0.280 e. The topological polar surface area (TPSA) is 79.4 Å². The van der Waals surface area contributed by atoms with Gasteiger partial charge in [-0.25, -0.2) is 17.7 Å². The van der Waals surface area contributed by atoms with Gasteiger partial charge in [-0.15, -0.1) is 11.3 Å². The van der Waals surface area contributed by atoms with Gasteiger partial charge in [0.25, 0.3) is 5.91 Å². The van der Waals surface area contributed by atoms with Crippen LogP contribution in [0.2, 0.25) is 0 Å². The van der Waals surface area contributed by atoms with Gasteiger partial charge in [0, 0.05) is 25.0 Å². The quantitative estimate of drug-likeness (QED) is 0.880. The highest BCUT2D eigenvalue weighted by Crippen LogP contribution is 2.19. The van der Waals surface area contributed by atoms with Crippen molar-refractivity contribution >= 4 is 27.3 Å². The van der Waals surface area contributed by atoms with Crippen LogP contribution >= 0.6 is 11.3 Å². The first-order valence-electron chi connectivity index (χ1n) is 7.46. The monoisotopic (exact) mass is 345 g/mol. The van der Waals surface area contributed by atoms with Crippen molar-refractivity contribution in [2.24, 2.45) is 5.92 Å². The van der Waals surface area contributed by atoms with E-state index in [4.69, 9.17) is 0 Å². The molecule has 1 amide bonds. The van der Waals surface area contributed by atoms with Gasteiger partial charge in [0.1, 0.15) is 0 Å². The second-order valence-electron chi connectivity index (χ2n) is 6.07. The minimum Gasteiger partial charge on any atom is -0.350 e. The fourth-order valence-electron chi connectivity index (χ4n) is 2.46. The molecule has 1 aromatic rings. The molecule has 0 saturated carbocycles. The molecule has 8 heteroatoms. The van der Waals surface area contributed by atoms with E-state index >= 15 is 0 Å². The van der Waals surface area contributed by atoms with Crippen molar-refractivity contribution < 1.29 is 13.2 Å². The predicted octanol–water partition coefficient (Wildman–Crippen LogP) is 1.67. The van der Waals surface area contributed by atoms with Crippen LogP contribution in [0.3, 0.4) is 0 Å². The van der Waals surface area contributed by atoms with E-state index < -0.39 is 10.0 Å². The number of sulfonamides is 1. The summed E-state index contributed by atoms with van der Waals surface area (Å²) in [5.74, 6) is 0.296. The number of thiazole rings is 1. The molecule has 1 N–H and O–H groups in total. The lowest BCUT2D eigenvalue weighted by molar-refractivity contribution is 0.0941. The van der Waals surface area contributed by atoms with Crippen LogP contribution in [0, 0.1) is 5.92 Å². The number of nitrogens with zero attached hydrogens (tertiary/aromatic N) is 2. The van der Waals surface area contributed by atoms with Crippen molar-refractivity contribution in [2.75, 3.05) is 25.9 Å². The van der Waals surface area contributed by atoms with Crippen molar-refractivity contribution in [3.8, 4) is 0 Å². The Morgan fingerprint density at radius 3 is 2.86 bits per heavy atom. The molecule has 0 bridgehead atoms. The summed E-state index contributed by atoms with van der Waals surface area (Å²) >= 11 is 1.35. The average molecular weight is 345 g/mol. The Labute approximate surface area is 136 Å². The molecule has 1 aromatic heterocycles. The summed E-state index contributed by atoms with van der Waals surface area (Å²) in [6.45, 7) is 5.63. The molecule has 0 aromatic carbocycles. The van der Waals surface area contributed by atoms with Crippen LogP contribution in [-0.4, -0.2) is 49.5 Å². The highest BCUT2D eigenvalue weighted by Gasteiger charge is 2.26. The van der Waals surface area contributed by atoms with Gasteiger partial charge < -0.3 is 5.32 Å². The van der Waals surface area contributed by atoms with Gasteiger partial charge >= 0.3 is 0 Å². The Morgan fingerprint density at radius 2 is 2.27 bits per heavy atom. The molecule has 0 aliphatic carbocycles. The van der Waals surface area contributed by atoms with Crippen molar-refractivity contribution in [2.45, 2.75) is 32.6 Å². The molecule has 6 nitrogen and oxygen atoms in total. The lowest BCUT2D eigenvalue weighted by Gasteiger charge is -2.30. The van der Waals surface area contributed by atoms with Gasteiger partial charge in [-0.3, -0.25) is 4.79 Å². The first-order chi connectivity index (χ1) is 10.3. The third-order valence-electron chi connectivity index (χ3n) is 3.81. The SMILES string of the molecule is CC(C)c1csc(C(=O)NC[C@H]2CCCN(S(C)(=O)=O)C2)n1. The summed E-state index contributed by atoms with van der Waals surface area (Å²) in [6, 6.07) is 0. The summed E-state index contributed by atoms with van der Waals surface area (Å²) in [6.07, 6.45) is 3.00. The largest absolute Gasteiger partial charge is 0.350 e. The second kappa shape index (κ2) is 7.06. The molecule has 0 unspecified atom stereocenters. The molecule has 1 saturated heterocycles. The minimum atomic E-state index is -3.15. The molecule has 1 fully saturated rings. The van der Waals surface area contributed by atoms with Crippen LogP contribution in [0.25, 0.3) is 0 Å². The van der Waals surface area contributed by atoms with Gasteiger partial charge in [0.15, 0.2) is 5.01 Å². The van der Waals surface area contributed by atoms with Gasteiger partial charge in [0.05, 0.1) is 11.9 Å². The van der Waals surface area contributed by atoms with E-state index in [1.54, 1.807) is 0 Å². The molecular formula is C14H23N3O3S2. The Balaban J connectivity index is 1.88. The number of carbonyl (C=O) groups is 1. The standard InChI is InChI=1S/C14H23N3O3S2/c1-10(2)12-9-21-14(16-12)13(18)15-7-11-5-4-6-17(8-11)22(3,19)20/h9-11H,4-8H2,1-3H3,(H,15,18)/t11-/m1/s1. The van der Waals surface area contributed by atoms with Crippen LogP contribution < -0.4 is 5.32 Å². The predicted molar refractivity (Wildman–Crippen MR) is 87.7 cm³/mol. The van der Waals surface area contributed by atoms with Gasteiger partial charge in [-0.1, -0.05) is 13.8 Å². The average Bonchev–Trinajstić information content (AvgIpc) is 2.94. The molecule has 2 heterocycles. The fraction of sp³-hybridized carbons (Fsp3) is 0.714. The van der Waals surface area contributed by atoms with E-state index in [1.807, 2.05) is 19.2 Å². The van der Waals surface area contributed by atoms with Crippen LogP contribution in [-0.2, 0) is 10.0 Å². The molecule has 0 spiro atoms. The number of aromatic nitrogens is 1. The number of nitrogens with one attached hydrogen (secondary N) is 1. The minimum absolute atomic E-state index is 0.164. The summed E-state index contributed by atoms with van der Waals surface area (Å²) in [5.41, 5.74) is 0.927. The van der Waals surface area contributed by atoms with Gasteiger partial charge in [-0.05, 0) is 24.7 Å². The fourth-order valence-corrected chi connectivity index (χ4v) is 4.30. The number of hydrogen-bond acceptors (Lipinski definition) is 5. The Kier molecular flexibility index (Phi) is 5.57. The Hall–Kier alpha value is -0.990. The van der Waals surface area contributed by atoms with Gasteiger partial charge in [-0.2, -0.15) is 0 Å². The van der Waals surface area contributed by atoms with Crippen molar-refractivity contribution in [3.63, 3.8) is 0 Å². The first-order valence-corrected chi connectivity index (χ1v) is 10.2. The molecule has 1 aliphatic rings. The highest BCUT2D eigenvalue weighted by molar-refractivity contribution is 7.88. The normalized spacial score (nSPS) is 20.3. The number of rotatable bonds is 5. The number of hydrogen-bond donors (Lipinski definition) is 1. The molecule has 124 valence electrons. The van der Waals surface area contributed by atoms with E-state index in [-0.39, 0.29) is 11.8 Å². The molecule has 1 atom stereocenters. The molecule has 2 rings (SSSR count). The van der Waals surface area contributed by atoms with E-state index in [1.165, 1.54) is 21.9 Å². The Bertz CT molecular complexity index is 625. The maximum atomic E-state index is 12.1. The maximum Gasteiger partial charge on any atom is 0.280 e. The zero-order chi connectivity index (χ0) is 16.3. The molecular weight excluding hydrogens is 322 g/mol. The number of amides is 1. The number of piperidine rings is 1. The zero-order valence-corrected chi connectivity index (χ0v) is 14.8. The second-order valence-corrected chi connectivity index (χ2v) is 8.91. The molecule has 0 radical (unpaired) electrons. The van der Waals surface area contributed by atoms with Crippen molar-refractivity contribution in [1.29, 1.82) is 0 Å². The van der Waals surface area contributed by atoms with Crippen LogP contribution in [0.1, 0.15) is 48.1 Å². The van der Waals surface area contributed by atoms with Crippen molar-refractivity contribution in [3.05, 3.63) is 16.1 Å². The van der Waals surface area contributed by atoms with Crippen molar-refractivity contribution in [1.82, 2.24) is 14.6 Å². The highest BCUT2D eigenvalue weighted by atomic mass is 32.2. The van der Waals surface area contributed by atoms with E-state index in [2.05, 4.69) is 10.3 Å². The Morgan fingerprint density at radius 1 is 1.55 bits per heavy atom. The third-order valence-corrected chi connectivity index (χ3v) is 5.94. The van der Waals surface area contributed by atoms with Crippen LogP contribution in [0.15, 0.2) is 5.38 Å². The molecule has 1 aliphatic heterocycles. The first kappa shape index (κ1) is 17.4. The summed E-state index contributed by atoms with van der Waals surface area (Å²) in [7, 11) is -3.15. The maximum absolute atomic E-state index is 12.1. The van der Waals surface area contributed by atoms with E-state index in [0.717, 1.165) is 18.5 Å². The van der Waals surface area contributed by atoms with Crippen LogP contribution in [0.4, 0.5) is 0 Å². The summed E-state index contributed by atoms with van der Waals surface area (Å²) < 4.78 is 24.7. The third kappa shape index (κ3) is 4.50. The lowest BCUT2D eigenvalue weighted by Crippen LogP contribution is -2.43. The van der Waals surface area contributed by atoms with Gasteiger partial charge in [0.2, 0.25) is 10.0 Å². The number of carbonyl (C=O) groups excluding carboxylic acids is 1. The van der Waals surface area contributed by atoms with E-state index in [0.29, 0.717) is 30.6 Å². The van der Waals surface area contributed by atoms with Crippen LogP contribution in [0.5, 0.6) is 0 Å².